The van der Waals surface area contributed by atoms with E-state index < -0.39 is 61.0 Å². The average molecular weight is 919 g/mol. The Hall–Kier alpha value is -2.74. The molecule has 2 heterocycles. The molecule has 2 aliphatic rings. The second-order valence-electron chi connectivity index (χ2n) is 13.1. The van der Waals surface area contributed by atoms with Crippen molar-refractivity contribution in [1.29, 1.82) is 0 Å². The van der Waals surface area contributed by atoms with Crippen molar-refractivity contribution in [2.75, 3.05) is 54.9 Å². The van der Waals surface area contributed by atoms with Gasteiger partial charge >= 0.3 is 0 Å². The topological polar surface area (TPSA) is 111 Å². The quantitative estimate of drug-likeness (QED) is 0.0653. The van der Waals surface area contributed by atoms with Gasteiger partial charge in [-0.25, -0.2) is 0 Å². The molecule has 0 saturated carbocycles. The number of benzene rings is 3. The number of halogens is 2. The number of hydrogen-bond acceptors (Lipinski definition) is 12. The van der Waals surface area contributed by atoms with Crippen molar-refractivity contribution >= 4 is 31.9 Å². The fourth-order valence-corrected chi connectivity index (χ4v) is 7.11. The van der Waals surface area contributed by atoms with Crippen LogP contribution in [0.5, 0.6) is 0 Å². The Bertz CT molecular complexity index is 1670. The molecule has 308 valence electrons. The van der Waals surface area contributed by atoms with Gasteiger partial charge in [0.25, 0.3) is 0 Å². The van der Waals surface area contributed by atoms with E-state index in [-0.39, 0.29) is 46.8 Å². The Labute approximate surface area is 352 Å². The van der Waals surface area contributed by atoms with Gasteiger partial charge in [0.15, 0.2) is 6.29 Å². The smallest absolute Gasteiger partial charge is 0.187 e. The van der Waals surface area contributed by atoms with Crippen LogP contribution >= 0.6 is 31.9 Å². The van der Waals surface area contributed by atoms with Gasteiger partial charge < -0.3 is 56.8 Å². The third kappa shape index (κ3) is 13.9. The second kappa shape index (κ2) is 25.7. The van der Waals surface area contributed by atoms with E-state index in [0.29, 0.717) is 6.61 Å². The highest BCUT2D eigenvalue weighted by atomic mass is 79.9. The highest BCUT2D eigenvalue weighted by Crippen LogP contribution is 2.36. The van der Waals surface area contributed by atoms with Crippen LogP contribution in [0.4, 0.5) is 0 Å². The van der Waals surface area contributed by atoms with Crippen molar-refractivity contribution < 1.29 is 56.8 Å². The number of hydrogen-bond donors (Lipinski definition) is 0. The Morgan fingerprint density at radius 3 is 1.60 bits per heavy atom. The zero-order valence-electron chi connectivity index (χ0n) is 32.2. The van der Waals surface area contributed by atoms with E-state index in [1.165, 1.54) is 7.11 Å². The molecule has 2 saturated heterocycles. The SMILES string of the molecule is COCOC[C@H]1O[C@@H](O[C@H]2[C@H](OCc3ccccc3)[C@@H](OCc3ccccc3)[C@H](C#CBr)O[C@@H]2COCc2ccccc2)[C@H](OCOC)[C@@H](OCOC)[C@@H]1C#CBr. The van der Waals surface area contributed by atoms with Gasteiger partial charge in [-0.05, 0) is 26.3 Å². The van der Waals surface area contributed by atoms with E-state index in [9.17, 15) is 0 Å². The Kier molecular flexibility index (Phi) is 20.4. The maximum atomic E-state index is 7.10. The lowest BCUT2D eigenvalue weighted by Crippen LogP contribution is -2.65. The van der Waals surface area contributed by atoms with Crippen LogP contribution in [-0.4, -0.2) is 110 Å². The van der Waals surface area contributed by atoms with Crippen molar-refractivity contribution in [1.82, 2.24) is 0 Å². The molecule has 14 heteroatoms. The van der Waals surface area contributed by atoms with E-state index in [2.05, 4.69) is 53.4 Å². The maximum absolute atomic E-state index is 7.10. The molecule has 0 aromatic heterocycles. The Morgan fingerprint density at radius 1 is 0.509 bits per heavy atom. The largest absolute Gasteiger partial charge is 0.374 e. The summed E-state index contributed by atoms with van der Waals surface area (Å²) in [7, 11) is 4.62. The summed E-state index contributed by atoms with van der Waals surface area (Å²) < 4.78 is 74.8. The first-order valence-electron chi connectivity index (χ1n) is 18.5. The minimum atomic E-state index is -1.09. The molecule has 5 rings (SSSR count). The molecule has 0 aliphatic carbocycles. The van der Waals surface area contributed by atoms with Gasteiger partial charge in [-0.2, -0.15) is 0 Å². The summed E-state index contributed by atoms with van der Waals surface area (Å²) in [4.78, 5) is 5.68. The fraction of sp³-hybridized carbons (Fsp3) is 0.488. The highest BCUT2D eigenvalue weighted by Gasteiger charge is 2.53. The minimum absolute atomic E-state index is 0.0379. The molecule has 0 amide bonds. The standard InChI is InChI=1S/C43H50Br2O12/c1-46-28-50-26-36-34(19-21-44)38(53-29-47-2)42(54-30-48-3)43(56-36)57-40-37(27-49-23-31-13-7-4-8-14-31)55-35(20-22-45)39(51-24-32-15-9-5-10-16-32)41(40)52-25-33-17-11-6-12-18-33/h4-18,34-43H,23-30H2,1-3H3/t34-,35+,36-,37-,38+,39+,40-,41-,42-,43+/m1/s1. The molecule has 0 unspecified atom stereocenters. The van der Waals surface area contributed by atoms with E-state index in [1.807, 2.05) is 91.0 Å². The summed E-state index contributed by atoms with van der Waals surface area (Å²) in [5.41, 5.74) is 2.93. The van der Waals surface area contributed by atoms with Crippen LogP contribution in [0.3, 0.4) is 0 Å². The zero-order chi connectivity index (χ0) is 40.1. The Balaban J connectivity index is 1.55. The molecular weight excluding hydrogens is 868 g/mol. The van der Waals surface area contributed by atoms with Crippen LogP contribution < -0.4 is 0 Å². The molecule has 0 spiro atoms. The second-order valence-corrected chi connectivity index (χ2v) is 13.9. The number of ether oxygens (including phenoxy) is 12. The lowest BCUT2D eigenvalue weighted by Gasteiger charge is -2.49. The predicted molar refractivity (Wildman–Crippen MR) is 217 cm³/mol. The molecule has 57 heavy (non-hydrogen) atoms. The van der Waals surface area contributed by atoms with Gasteiger partial charge in [0.05, 0.1) is 39.0 Å². The molecular formula is C43H50Br2O12. The predicted octanol–water partition coefficient (Wildman–Crippen LogP) is 6.18. The van der Waals surface area contributed by atoms with E-state index in [0.717, 1.165) is 16.7 Å². The molecule has 3 aromatic rings. The van der Waals surface area contributed by atoms with Gasteiger partial charge in [-0.15, -0.1) is 0 Å². The summed E-state index contributed by atoms with van der Waals surface area (Å²) in [5.74, 6) is 5.78. The van der Waals surface area contributed by atoms with Gasteiger partial charge in [0, 0.05) is 53.2 Å². The molecule has 0 radical (unpaired) electrons. The van der Waals surface area contributed by atoms with Gasteiger partial charge in [-0.1, -0.05) is 103 Å². The van der Waals surface area contributed by atoms with Gasteiger partial charge in [0.2, 0.25) is 0 Å². The molecule has 2 aliphatic heterocycles. The van der Waals surface area contributed by atoms with Crippen molar-refractivity contribution in [3.8, 4) is 21.5 Å². The van der Waals surface area contributed by atoms with Crippen molar-refractivity contribution in [2.24, 2.45) is 5.92 Å². The first-order valence-corrected chi connectivity index (χ1v) is 20.1. The van der Waals surface area contributed by atoms with Crippen LogP contribution in [0.2, 0.25) is 0 Å². The molecule has 3 aromatic carbocycles. The number of methoxy groups -OCH3 is 3. The molecule has 2 fully saturated rings. The maximum Gasteiger partial charge on any atom is 0.187 e. The molecule has 0 bridgehead atoms. The lowest BCUT2D eigenvalue weighted by molar-refractivity contribution is -0.354. The monoisotopic (exact) mass is 916 g/mol. The summed E-state index contributed by atoms with van der Waals surface area (Å²) in [5, 5.41) is 0. The lowest BCUT2D eigenvalue weighted by atomic mass is 9.89. The molecule has 10 atom stereocenters. The van der Waals surface area contributed by atoms with Crippen LogP contribution in [0.25, 0.3) is 0 Å². The summed E-state index contributed by atoms with van der Waals surface area (Å²) in [6, 6.07) is 29.6. The van der Waals surface area contributed by atoms with Crippen molar-refractivity contribution in [3.63, 3.8) is 0 Å². The van der Waals surface area contributed by atoms with Gasteiger partial charge in [-0.3, -0.25) is 0 Å². The van der Waals surface area contributed by atoms with Crippen molar-refractivity contribution in [2.45, 2.75) is 74.9 Å². The van der Waals surface area contributed by atoms with Crippen LogP contribution in [0.15, 0.2) is 91.0 Å². The zero-order valence-corrected chi connectivity index (χ0v) is 35.4. The highest BCUT2D eigenvalue weighted by molar-refractivity contribution is 9.12. The fourth-order valence-electron chi connectivity index (χ4n) is 6.62. The van der Waals surface area contributed by atoms with Crippen LogP contribution in [0.1, 0.15) is 16.7 Å². The normalized spacial score (nSPS) is 27.2. The van der Waals surface area contributed by atoms with Crippen molar-refractivity contribution in [3.05, 3.63) is 108 Å². The van der Waals surface area contributed by atoms with E-state index in [4.69, 9.17) is 56.8 Å². The van der Waals surface area contributed by atoms with Crippen LogP contribution in [0, 0.1) is 27.4 Å². The first-order chi connectivity index (χ1) is 28.1. The van der Waals surface area contributed by atoms with Gasteiger partial charge in [0.1, 0.15) is 69.2 Å². The minimum Gasteiger partial charge on any atom is -0.374 e. The third-order valence-electron chi connectivity index (χ3n) is 9.20. The third-order valence-corrected chi connectivity index (χ3v) is 9.66. The van der Waals surface area contributed by atoms with E-state index in [1.54, 1.807) is 14.2 Å². The average Bonchev–Trinajstić information content (AvgIpc) is 3.24. The Morgan fingerprint density at radius 2 is 1.04 bits per heavy atom. The summed E-state index contributed by atoms with van der Waals surface area (Å²) >= 11 is 6.57. The molecule has 0 N–H and O–H groups in total. The number of rotatable bonds is 22. The van der Waals surface area contributed by atoms with Crippen LogP contribution in [-0.2, 0) is 76.7 Å². The summed E-state index contributed by atoms with van der Waals surface area (Å²) in [6.07, 6.45) is -7.16. The first kappa shape index (κ1) is 45.3. The molecule has 12 nitrogen and oxygen atoms in total. The summed E-state index contributed by atoms with van der Waals surface area (Å²) in [6.45, 7) is 0.964. The van der Waals surface area contributed by atoms with E-state index >= 15 is 0 Å².